The van der Waals surface area contributed by atoms with Crippen molar-refractivity contribution in [3.05, 3.63) is 39.7 Å². The van der Waals surface area contributed by atoms with Gasteiger partial charge in [0.25, 0.3) is 0 Å². The van der Waals surface area contributed by atoms with Crippen LogP contribution in [0.4, 0.5) is 4.39 Å². The Bertz CT molecular complexity index is 849. The van der Waals surface area contributed by atoms with Crippen LogP contribution in [-0.2, 0) is 11.4 Å². The third kappa shape index (κ3) is 3.19. The van der Waals surface area contributed by atoms with Gasteiger partial charge in [-0.3, -0.25) is 0 Å². The average Bonchev–Trinajstić information content (AvgIpc) is 2.61. The van der Waals surface area contributed by atoms with Gasteiger partial charge in [0, 0.05) is 11.5 Å². The van der Waals surface area contributed by atoms with E-state index in [-0.39, 0.29) is 16.9 Å². The summed E-state index contributed by atoms with van der Waals surface area (Å²) in [6.45, 7) is 0.0441. The molecule has 3 rings (SSSR count). The van der Waals surface area contributed by atoms with Crippen molar-refractivity contribution >= 4 is 11.0 Å². The molecule has 2 heterocycles. The fraction of sp³-hybridized carbons (Fsp3) is 0.471. The first kappa shape index (κ1) is 18.7. The van der Waals surface area contributed by atoms with Gasteiger partial charge in [-0.2, -0.15) is 0 Å². The molecule has 4 N–H and O–H groups in total. The molecule has 1 aromatic carbocycles. The maximum absolute atomic E-state index is 13.6. The Balaban J connectivity index is 1.99. The van der Waals surface area contributed by atoms with E-state index in [4.69, 9.17) is 13.9 Å². The van der Waals surface area contributed by atoms with E-state index in [1.807, 2.05) is 0 Å². The zero-order valence-corrected chi connectivity index (χ0v) is 13.8. The Morgan fingerprint density at radius 2 is 1.92 bits per heavy atom. The molecule has 1 aromatic heterocycles. The van der Waals surface area contributed by atoms with E-state index in [1.54, 1.807) is 13.0 Å². The molecule has 1 aliphatic heterocycles. The molecule has 0 radical (unpaired) electrons. The summed E-state index contributed by atoms with van der Waals surface area (Å²) >= 11 is 0. The molecular weight excluding hydrogens is 351 g/mol. The highest BCUT2D eigenvalue weighted by Crippen LogP contribution is 2.32. The molecule has 1 saturated heterocycles. The van der Waals surface area contributed by atoms with Gasteiger partial charge in [0.05, 0.1) is 12.2 Å². The van der Waals surface area contributed by atoms with Gasteiger partial charge in [0.15, 0.2) is 0 Å². The number of aliphatic hydroxyl groups excluding tert-OH is 4. The predicted molar refractivity (Wildman–Crippen MR) is 86.4 cm³/mol. The highest BCUT2D eigenvalue weighted by molar-refractivity contribution is 5.84. The number of halogens is 1. The van der Waals surface area contributed by atoms with E-state index in [1.165, 1.54) is 12.1 Å². The molecule has 26 heavy (non-hydrogen) atoms. The fourth-order valence-corrected chi connectivity index (χ4v) is 2.95. The number of aryl methyl sites for hydroxylation is 1. The summed E-state index contributed by atoms with van der Waals surface area (Å²) < 4.78 is 29.4. The van der Waals surface area contributed by atoms with E-state index >= 15 is 0 Å². The second-order valence-electron chi connectivity index (χ2n) is 6.12. The number of hydrogen-bond donors (Lipinski definition) is 4. The standard InChI is InChI=1S/C17H19FO8/c1-7-4-12(20)26-16-8(7)2-3-10(9(16)5-18)24-17-15(23)14(22)13(21)11(6-19)25-17/h2-4,11,13-15,17,19,21-23H,5-6H2,1H3. The summed E-state index contributed by atoms with van der Waals surface area (Å²) in [6.07, 6.45) is -7.42. The summed E-state index contributed by atoms with van der Waals surface area (Å²) in [5.41, 5.74) is -0.0834. The van der Waals surface area contributed by atoms with E-state index < -0.39 is 49.6 Å². The van der Waals surface area contributed by atoms with Crippen molar-refractivity contribution in [2.24, 2.45) is 0 Å². The Labute approximate surface area is 147 Å². The molecular formula is C17H19FO8. The molecule has 1 fully saturated rings. The zero-order valence-electron chi connectivity index (χ0n) is 13.8. The monoisotopic (exact) mass is 370 g/mol. The normalized spacial score (nSPS) is 29.1. The van der Waals surface area contributed by atoms with Crippen molar-refractivity contribution in [1.82, 2.24) is 0 Å². The van der Waals surface area contributed by atoms with Crippen molar-refractivity contribution < 1.29 is 38.7 Å². The summed E-state index contributed by atoms with van der Waals surface area (Å²) in [4.78, 5) is 11.6. The second-order valence-corrected chi connectivity index (χ2v) is 6.12. The van der Waals surface area contributed by atoms with E-state index in [0.717, 1.165) is 0 Å². The smallest absolute Gasteiger partial charge is 0.336 e. The van der Waals surface area contributed by atoms with Crippen LogP contribution in [0.15, 0.2) is 27.4 Å². The maximum atomic E-state index is 13.6. The summed E-state index contributed by atoms with van der Waals surface area (Å²) in [7, 11) is 0. The first-order valence-corrected chi connectivity index (χ1v) is 7.96. The number of alkyl halides is 1. The molecule has 0 saturated carbocycles. The number of aliphatic hydroxyl groups is 4. The maximum Gasteiger partial charge on any atom is 0.336 e. The summed E-state index contributed by atoms with van der Waals surface area (Å²) in [5, 5.41) is 39.4. The third-order valence-corrected chi connectivity index (χ3v) is 4.40. The highest BCUT2D eigenvalue weighted by atomic mass is 19.1. The number of benzene rings is 1. The second kappa shape index (κ2) is 7.29. The van der Waals surface area contributed by atoms with Crippen molar-refractivity contribution in [3.8, 4) is 5.75 Å². The first-order chi connectivity index (χ1) is 12.4. The third-order valence-electron chi connectivity index (χ3n) is 4.40. The topological polar surface area (TPSA) is 130 Å². The number of fused-ring (bicyclic) bond motifs is 1. The first-order valence-electron chi connectivity index (χ1n) is 7.96. The highest BCUT2D eigenvalue weighted by Gasteiger charge is 2.44. The van der Waals surface area contributed by atoms with Gasteiger partial charge < -0.3 is 34.3 Å². The fourth-order valence-electron chi connectivity index (χ4n) is 2.95. The average molecular weight is 370 g/mol. The lowest BCUT2D eigenvalue weighted by molar-refractivity contribution is -0.277. The Kier molecular flexibility index (Phi) is 5.26. The van der Waals surface area contributed by atoms with Gasteiger partial charge in [-0.15, -0.1) is 0 Å². The molecule has 2 aromatic rings. The molecule has 142 valence electrons. The van der Waals surface area contributed by atoms with Crippen LogP contribution in [0.3, 0.4) is 0 Å². The molecule has 0 bridgehead atoms. The van der Waals surface area contributed by atoms with Gasteiger partial charge in [-0.1, -0.05) is 0 Å². The van der Waals surface area contributed by atoms with Crippen molar-refractivity contribution in [2.45, 2.75) is 44.3 Å². The largest absolute Gasteiger partial charge is 0.461 e. The molecule has 0 spiro atoms. The van der Waals surface area contributed by atoms with Gasteiger partial charge in [-0.25, -0.2) is 9.18 Å². The Morgan fingerprint density at radius 3 is 2.58 bits per heavy atom. The van der Waals surface area contributed by atoms with Crippen molar-refractivity contribution in [2.75, 3.05) is 6.61 Å². The SMILES string of the molecule is Cc1cc(=O)oc2c(CF)c(OC3OC(CO)C(O)C(O)C3O)ccc12. The van der Waals surface area contributed by atoms with Crippen molar-refractivity contribution in [1.29, 1.82) is 0 Å². The lowest BCUT2D eigenvalue weighted by Crippen LogP contribution is -2.60. The zero-order chi connectivity index (χ0) is 19.0. The number of hydrogen-bond acceptors (Lipinski definition) is 8. The Hall–Kier alpha value is -2.04. The molecule has 8 nitrogen and oxygen atoms in total. The minimum Gasteiger partial charge on any atom is -0.461 e. The van der Waals surface area contributed by atoms with Gasteiger partial charge in [-0.05, 0) is 24.6 Å². The predicted octanol–water partition coefficient (Wildman–Crippen LogP) is -0.250. The minimum absolute atomic E-state index is 0.0135. The molecule has 5 atom stereocenters. The summed E-state index contributed by atoms with van der Waals surface area (Å²) in [6, 6.07) is 4.26. The Morgan fingerprint density at radius 1 is 1.19 bits per heavy atom. The van der Waals surface area contributed by atoms with Gasteiger partial charge in [0.1, 0.15) is 42.4 Å². The van der Waals surface area contributed by atoms with Gasteiger partial charge in [0.2, 0.25) is 6.29 Å². The van der Waals surface area contributed by atoms with Crippen LogP contribution < -0.4 is 10.4 Å². The van der Waals surface area contributed by atoms with Crippen LogP contribution in [-0.4, -0.2) is 57.7 Å². The van der Waals surface area contributed by atoms with E-state index in [0.29, 0.717) is 10.9 Å². The molecule has 0 aliphatic carbocycles. The quantitative estimate of drug-likeness (QED) is 0.542. The van der Waals surface area contributed by atoms with Crippen molar-refractivity contribution in [3.63, 3.8) is 0 Å². The lowest BCUT2D eigenvalue weighted by Gasteiger charge is -2.39. The van der Waals surface area contributed by atoms with Crippen LogP contribution in [0.1, 0.15) is 11.1 Å². The van der Waals surface area contributed by atoms with E-state index in [9.17, 15) is 29.6 Å². The van der Waals surface area contributed by atoms with Crippen LogP contribution in [0.25, 0.3) is 11.0 Å². The van der Waals surface area contributed by atoms with Crippen LogP contribution in [0, 0.1) is 6.92 Å². The lowest BCUT2D eigenvalue weighted by atomic mass is 9.99. The molecule has 0 amide bonds. The van der Waals surface area contributed by atoms with Gasteiger partial charge >= 0.3 is 5.63 Å². The van der Waals surface area contributed by atoms with Crippen LogP contribution in [0.2, 0.25) is 0 Å². The summed E-state index contributed by atoms with van der Waals surface area (Å²) in [5.74, 6) is -0.0573. The minimum atomic E-state index is -1.64. The molecule has 9 heteroatoms. The number of ether oxygens (including phenoxy) is 2. The molecule has 5 unspecified atom stereocenters. The van der Waals surface area contributed by atoms with E-state index in [2.05, 4.69) is 0 Å². The van der Waals surface area contributed by atoms with Crippen LogP contribution >= 0.6 is 0 Å². The van der Waals surface area contributed by atoms with Crippen LogP contribution in [0.5, 0.6) is 5.75 Å². The number of rotatable bonds is 4. The molecule has 1 aliphatic rings.